The molecule has 20 heavy (non-hydrogen) atoms. The SMILES string of the molecule is CCC(C)(O)C(C)(C)C(=O)SCC1CCC(NC)CC1. The van der Waals surface area contributed by atoms with Crippen molar-refractivity contribution in [2.45, 2.75) is 71.4 Å². The summed E-state index contributed by atoms with van der Waals surface area (Å²) in [5, 5.41) is 13.8. The van der Waals surface area contributed by atoms with Crippen LogP contribution >= 0.6 is 11.8 Å². The topological polar surface area (TPSA) is 49.3 Å². The minimum atomic E-state index is -0.930. The summed E-state index contributed by atoms with van der Waals surface area (Å²) in [4.78, 5) is 12.4. The van der Waals surface area contributed by atoms with E-state index in [4.69, 9.17) is 0 Å². The minimum Gasteiger partial charge on any atom is -0.389 e. The molecule has 0 radical (unpaired) electrons. The van der Waals surface area contributed by atoms with Gasteiger partial charge in [-0.05, 0) is 65.8 Å². The summed E-state index contributed by atoms with van der Waals surface area (Å²) in [5.41, 5.74) is -1.62. The molecule has 0 aromatic carbocycles. The number of thioether (sulfide) groups is 1. The molecule has 0 bridgehead atoms. The summed E-state index contributed by atoms with van der Waals surface area (Å²) in [7, 11) is 2.03. The molecule has 0 spiro atoms. The fraction of sp³-hybridized carbons (Fsp3) is 0.938. The molecular weight excluding hydrogens is 270 g/mol. The van der Waals surface area contributed by atoms with Gasteiger partial charge in [-0.1, -0.05) is 18.7 Å². The van der Waals surface area contributed by atoms with Crippen LogP contribution in [0.15, 0.2) is 0 Å². The molecule has 1 aliphatic rings. The van der Waals surface area contributed by atoms with Crippen molar-refractivity contribution in [3.63, 3.8) is 0 Å². The molecule has 0 aliphatic heterocycles. The van der Waals surface area contributed by atoms with Crippen molar-refractivity contribution in [3.8, 4) is 0 Å². The van der Waals surface area contributed by atoms with E-state index in [1.54, 1.807) is 6.92 Å². The molecule has 1 saturated carbocycles. The molecule has 1 unspecified atom stereocenters. The van der Waals surface area contributed by atoms with Gasteiger partial charge in [0.25, 0.3) is 0 Å². The van der Waals surface area contributed by atoms with Crippen LogP contribution in [0, 0.1) is 11.3 Å². The zero-order valence-corrected chi connectivity index (χ0v) is 14.5. The zero-order chi connectivity index (χ0) is 15.4. The normalized spacial score (nSPS) is 27.1. The largest absolute Gasteiger partial charge is 0.389 e. The van der Waals surface area contributed by atoms with Crippen LogP contribution in [-0.4, -0.2) is 34.7 Å². The maximum atomic E-state index is 12.4. The summed E-state index contributed by atoms with van der Waals surface area (Å²) >= 11 is 1.42. The standard InChI is InChI=1S/C16H31NO2S/c1-6-16(4,19)15(2,3)14(18)20-11-12-7-9-13(17-5)10-8-12/h12-13,17,19H,6-11H2,1-5H3. The Bertz CT molecular complexity index is 320. The Morgan fingerprint density at radius 1 is 1.25 bits per heavy atom. The van der Waals surface area contributed by atoms with Crippen LogP contribution in [0.1, 0.15) is 59.8 Å². The molecule has 1 atom stereocenters. The van der Waals surface area contributed by atoms with Gasteiger partial charge in [0.1, 0.15) is 0 Å². The van der Waals surface area contributed by atoms with E-state index in [-0.39, 0.29) is 5.12 Å². The smallest absolute Gasteiger partial charge is 0.197 e. The van der Waals surface area contributed by atoms with E-state index < -0.39 is 11.0 Å². The zero-order valence-electron chi connectivity index (χ0n) is 13.7. The first-order valence-electron chi connectivity index (χ1n) is 7.81. The molecule has 0 aromatic rings. The van der Waals surface area contributed by atoms with Gasteiger partial charge in [-0.3, -0.25) is 4.79 Å². The van der Waals surface area contributed by atoms with Crippen molar-refractivity contribution >= 4 is 16.9 Å². The van der Waals surface area contributed by atoms with Crippen LogP contribution < -0.4 is 5.32 Å². The number of hydrogen-bond donors (Lipinski definition) is 2. The van der Waals surface area contributed by atoms with Gasteiger partial charge in [0, 0.05) is 11.8 Å². The number of carbonyl (C=O) groups is 1. The Hall–Kier alpha value is -0.0600. The van der Waals surface area contributed by atoms with Gasteiger partial charge in [-0.25, -0.2) is 0 Å². The summed E-state index contributed by atoms with van der Waals surface area (Å²) in [5.74, 6) is 1.55. The van der Waals surface area contributed by atoms with Crippen LogP contribution in [-0.2, 0) is 4.79 Å². The lowest BCUT2D eigenvalue weighted by atomic mass is 9.75. The molecule has 2 N–H and O–H groups in total. The van der Waals surface area contributed by atoms with Crippen LogP contribution in [0.3, 0.4) is 0 Å². The van der Waals surface area contributed by atoms with Gasteiger partial charge in [-0.2, -0.15) is 0 Å². The van der Waals surface area contributed by atoms with Gasteiger partial charge in [0.15, 0.2) is 5.12 Å². The van der Waals surface area contributed by atoms with E-state index >= 15 is 0 Å². The first kappa shape index (κ1) is 18.0. The van der Waals surface area contributed by atoms with E-state index in [2.05, 4.69) is 5.32 Å². The van der Waals surface area contributed by atoms with Crippen LogP contribution in [0.4, 0.5) is 0 Å². The average molecular weight is 301 g/mol. The monoisotopic (exact) mass is 301 g/mol. The third kappa shape index (κ3) is 4.22. The summed E-state index contributed by atoms with van der Waals surface area (Å²) in [6.45, 7) is 7.43. The molecule has 3 nitrogen and oxygen atoms in total. The summed E-state index contributed by atoms with van der Waals surface area (Å²) in [6, 6.07) is 0.657. The first-order valence-corrected chi connectivity index (χ1v) is 8.80. The van der Waals surface area contributed by atoms with Crippen molar-refractivity contribution in [2.75, 3.05) is 12.8 Å². The highest BCUT2D eigenvalue weighted by atomic mass is 32.2. The maximum absolute atomic E-state index is 12.4. The van der Waals surface area contributed by atoms with Crippen molar-refractivity contribution in [1.29, 1.82) is 0 Å². The third-order valence-electron chi connectivity index (χ3n) is 5.25. The van der Waals surface area contributed by atoms with Crippen LogP contribution in [0.25, 0.3) is 0 Å². The quantitative estimate of drug-likeness (QED) is 0.791. The number of nitrogens with one attached hydrogen (secondary N) is 1. The molecule has 0 saturated heterocycles. The maximum Gasteiger partial charge on any atom is 0.197 e. The molecule has 0 amide bonds. The Morgan fingerprint density at radius 2 is 1.80 bits per heavy atom. The molecule has 1 rings (SSSR count). The molecule has 1 fully saturated rings. The van der Waals surface area contributed by atoms with E-state index in [9.17, 15) is 9.90 Å². The fourth-order valence-corrected chi connectivity index (χ4v) is 3.95. The Morgan fingerprint density at radius 3 is 2.25 bits per heavy atom. The minimum absolute atomic E-state index is 0.125. The van der Waals surface area contributed by atoms with Crippen molar-refractivity contribution in [3.05, 3.63) is 0 Å². The number of hydrogen-bond acceptors (Lipinski definition) is 4. The lowest BCUT2D eigenvalue weighted by Gasteiger charge is -2.38. The summed E-state index contributed by atoms with van der Waals surface area (Å²) < 4.78 is 0. The second kappa shape index (κ2) is 7.28. The van der Waals surface area contributed by atoms with Gasteiger partial charge in [-0.15, -0.1) is 0 Å². The van der Waals surface area contributed by atoms with E-state index in [1.165, 1.54) is 37.4 Å². The highest BCUT2D eigenvalue weighted by molar-refractivity contribution is 8.13. The lowest BCUT2D eigenvalue weighted by Crippen LogP contribution is -2.46. The van der Waals surface area contributed by atoms with E-state index in [1.807, 2.05) is 27.8 Å². The van der Waals surface area contributed by atoms with Gasteiger partial charge >= 0.3 is 0 Å². The van der Waals surface area contributed by atoms with E-state index in [0.29, 0.717) is 18.4 Å². The van der Waals surface area contributed by atoms with Crippen LogP contribution in [0.2, 0.25) is 0 Å². The van der Waals surface area contributed by atoms with Crippen molar-refractivity contribution in [1.82, 2.24) is 5.32 Å². The van der Waals surface area contributed by atoms with Gasteiger partial charge in [0.05, 0.1) is 11.0 Å². The second-order valence-corrected chi connectivity index (χ2v) is 7.85. The molecule has 4 heteroatoms. The van der Waals surface area contributed by atoms with Crippen LogP contribution in [0.5, 0.6) is 0 Å². The number of carbonyl (C=O) groups excluding carboxylic acids is 1. The molecule has 0 aromatic heterocycles. The average Bonchev–Trinajstić information content (AvgIpc) is 2.44. The van der Waals surface area contributed by atoms with Crippen molar-refractivity contribution in [2.24, 2.45) is 11.3 Å². The summed E-state index contributed by atoms with van der Waals surface area (Å²) in [6.07, 6.45) is 5.43. The van der Waals surface area contributed by atoms with E-state index in [0.717, 1.165) is 5.75 Å². The third-order valence-corrected chi connectivity index (χ3v) is 6.66. The van der Waals surface area contributed by atoms with Crippen molar-refractivity contribution < 1.29 is 9.90 Å². The Labute approximate surface area is 128 Å². The number of rotatable bonds is 6. The molecule has 1 aliphatic carbocycles. The highest BCUT2D eigenvalue weighted by Crippen LogP contribution is 2.39. The molecule has 0 heterocycles. The highest BCUT2D eigenvalue weighted by Gasteiger charge is 2.44. The first-order chi connectivity index (χ1) is 9.24. The lowest BCUT2D eigenvalue weighted by molar-refractivity contribution is -0.132. The van der Waals surface area contributed by atoms with Gasteiger partial charge < -0.3 is 10.4 Å². The predicted molar refractivity (Wildman–Crippen MR) is 87.0 cm³/mol. The second-order valence-electron chi connectivity index (χ2n) is 6.86. The number of aliphatic hydroxyl groups is 1. The van der Waals surface area contributed by atoms with Gasteiger partial charge in [0.2, 0.25) is 0 Å². The Balaban J connectivity index is 2.44. The predicted octanol–water partition coefficient (Wildman–Crippen LogP) is 3.21. The Kier molecular flexibility index (Phi) is 6.55. The fourth-order valence-electron chi connectivity index (χ4n) is 2.65. The molecule has 118 valence electrons. The molecular formula is C16H31NO2S.